The van der Waals surface area contributed by atoms with Crippen LogP contribution in [0.5, 0.6) is 0 Å². The first-order valence-electron chi connectivity index (χ1n) is 5.38. The normalized spacial score (nSPS) is 21.1. The number of benzene rings is 1. The summed E-state index contributed by atoms with van der Waals surface area (Å²) in [6.45, 7) is 1.09. The highest BCUT2D eigenvalue weighted by molar-refractivity contribution is 9.10. The van der Waals surface area contributed by atoms with Gasteiger partial charge in [-0.3, -0.25) is 4.79 Å². The molecule has 0 spiro atoms. The van der Waals surface area contributed by atoms with Gasteiger partial charge in [0.2, 0.25) is 0 Å². The fourth-order valence-electron chi connectivity index (χ4n) is 2.13. The molecule has 0 aromatic heterocycles. The molecule has 1 N–H and O–H groups in total. The monoisotopic (exact) mass is 281 g/mol. The maximum absolute atomic E-state index is 12.0. The fourth-order valence-corrected chi connectivity index (χ4v) is 2.54. The van der Waals surface area contributed by atoms with E-state index < -0.39 is 5.60 Å². The van der Waals surface area contributed by atoms with Crippen molar-refractivity contribution >= 4 is 21.8 Å². The molecule has 0 bridgehead atoms. The minimum absolute atomic E-state index is 0.0443. The number of hydrogen-bond acceptors (Lipinski definition) is 2. The van der Waals surface area contributed by atoms with Crippen molar-refractivity contribution in [1.82, 2.24) is 4.90 Å². The third kappa shape index (κ3) is 1.66. The van der Waals surface area contributed by atoms with Gasteiger partial charge in [0.1, 0.15) is 0 Å². The smallest absolute Gasteiger partial charge is 0.254 e. The molecule has 0 radical (unpaired) electrons. The van der Waals surface area contributed by atoms with Gasteiger partial charge in [0.05, 0.1) is 12.1 Å². The van der Waals surface area contributed by atoms with Crippen molar-refractivity contribution in [2.24, 2.45) is 0 Å². The largest absolute Gasteiger partial charge is 0.388 e. The maximum Gasteiger partial charge on any atom is 0.254 e. The second-order valence-electron chi connectivity index (χ2n) is 4.69. The van der Waals surface area contributed by atoms with E-state index in [0.29, 0.717) is 13.1 Å². The molecule has 3 nitrogen and oxygen atoms in total. The van der Waals surface area contributed by atoms with Crippen molar-refractivity contribution in [2.45, 2.75) is 25.0 Å². The highest BCUT2D eigenvalue weighted by Crippen LogP contribution is 2.38. The Bertz CT molecular complexity index is 468. The standard InChI is InChI=1S/C12H12BrNO2/c13-9-1-2-10-8(5-9)6-14(11(10)15)7-12(16)3-4-12/h1-2,5,16H,3-4,6-7H2. The summed E-state index contributed by atoms with van der Waals surface area (Å²) in [5, 5.41) is 9.84. The minimum atomic E-state index is -0.602. The topological polar surface area (TPSA) is 40.5 Å². The summed E-state index contributed by atoms with van der Waals surface area (Å²) >= 11 is 3.40. The van der Waals surface area contributed by atoms with E-state index in [1.54, 1.807) is 4.90 Å². The number of amides is 1. The average molecular weight is 282 g/mol. The molecule has 1 heterocycles. The van der Waals surface area contributed by atoms with Crippen LogP contribution >= 0.6 is 15.9 Å². The Hall–Kier alpha value is -0.870. The van der Waals surface area contributed by atoms with Crippen LogP contribution in [-0.2, 0) is 6.54 Å². The fraction of sp³-hybridized carbons (Fsp3) is 0.417. The predicted octanol–water partition coefficient (Wildman–Crippen LogP) is 1.93. The molecular weight excluding hydrogens is 270 g/mol. The van der Waals surface area contributed by atoms with Gasteiger partial charge >= 0.3 is 0 Å². The summed E-state index contributed by atoms with van der Waals surface area (Å²) in [5.74, 6) is 0.0443. The van der Waals surface area contributed by atoms with Crippen molar-refractivity contribution in [3.05, 3.63) is 33.8 Å². The van der Waals surface area contributed by atoms with E-state index in [0.717, 1.165) is 28.4 Å². The van der Waals surface area contributed by atoms with Crippen LogP contribution in [0.25, 0.3) is 0 Å². The summed E-state index contributed by atoms with van der Waals surface area (Å²) in [5.41, 5.74) is 1.21. The van der Waals surface area contributed by atoms with Crippen molar-refractivity contribution in [3.8, 4) is 0 Å². The summed E-state index contributed by atoms with van der Waals surface area (Å²) in [6.07, 6.45) is 1.63. The molecule has 1 aromatic carbocycles. The quantitative estimate of drug-likeness (QED) is 0.900. The number of carbonyl (C=O) groups is 1. The number of hydrogen-bond donors (Lipinski definition) is 1. The van der Waals surface area contributed by atoms with Gasteiger partial charge in [0.25, 0.3) is 5.91 Å². The number of β-amino-alcohol motifs (C(OH)–C–C–N with tert-alkyl or cyclic N) is 1. The third-order valence-electron chi connectivity index (χ3n) is 3.26. The van der Waals surface area contributed by atoms with Crippen LogP contribution < -0.4 is 0 Å². The molecule has 0 saturated heterocycles. The van der Waals surface area contributed by atoms with Gasteiger partial charge in [0.15, 0.2) is 0 Å². The lowest BCUT2D eigenvalue weighted by molar-refractivity contribution is 0.0590. The van der Waals surface area contributed by atoms with Crippen LogP contribution in [0.1, 0.15) is 28.8 Å². The van der Waals surface area contributed by atoms with E-state index in [1.165, 1.54) is 0 Å². The summed E-state index contributed by atoms with van der Waals surface area (Å²) in [6, 6.07) is 5.70. The Morgan fingerprint density at radius 2 is 2.19 bits per heavy atom. The Morgan fingerprint density at radius 1 is 1.44 bits per heavy atom. The summed E-state index contributed by atoms with van der Waals surface area (Å²) < 4.78 is 0.992. The van der Waals surface area contributed by atoms with Crippen LogP contribution in [0.4, 0.5) is 0 Å². The summed E-state index contributed by atoms with van der Waals surface area (Å²) in [4.78, 5) is 13.8. The molecule has 0 unspecified atom stereocenters. The average Bonchev–Trinajstić information content (AvgIpc) is 2.87. The first-order chi connectivity index (χ1) is 7.57. The molecule has 16 heavy (non-hydrogen) atoms. The van der Waals surface area contributed by atoms with E-state index >= 15 is 0 Å². The molecule has 3 rings (SSSR count). The molecule has 1 aliphatic heterocycles. The van der Waals surface area contributed by atoms with E-state index in [4.69, 9.17) is 0 Å². The van der Waals surface area contributed by atoms with Crippen LogP contribution in [0, 0.1) is 0 Å². The van der Waals surface area contributed by atoms with Crippen molar-refractivity contribution < 1.29 is 9.90 Å². The first-order valence-corrected chi connectivity index (χ1v) is 6.17. The number of fused-ring (bicyclic) bond motifs is 1. The molecule has 1 fully saturated rings. The van der Waals surface area contributed by atoms with E-state index in [2.05, 4.69) is 15.9 Å². The lowest BCUT2D eigenvalue weighted by Gasteiger charge is -2.19. The number of halogens is 1. The van der Waals surface area contributed by atoms with Crippen molar-refractivity contribution in [1.29, 1.82) is 0 Å². The van der Waals surface area contributed by atoms with E-state index in [-0.39, 0.29) is 5.91 Å². The maximum atomic E-state index is 12.0. The summed E-state index contributed by atoms with van der Waals surface area (Å²) in [7, 11) is 0. The molecule has 1 aliphatic carbocycles. The Kier molecular flexibility index (Phi) is 2.13. The van der Waals surface area contributed by atoms with E-state index in [1.807, 2.05) is 18.2 Å². The van der Waals surface area contributed by atoms with Gasteiger partial charge in [-0.05, 0) is 36.6 Å². The molecule has 1 aromatic rings. The van der Waals surface area contributed by atoms with Gasteiger partial charge in [-0.25, -0.2) is 0 Å². The Labute approximate surface area is 102 Å². The SMILES string of the molecule is O=C1c2ccc(Br)cc2CN1CC1(O)CC1. The van der Waals surface area contributed by atoms with Crippen LogP contribution in [-0.4, -0.2) is 28.1 Å². The first kappa shape index (κ1) is 10.3. The van der Waals surface area contributed by atoms with Crippen LogP contribution in [0.2, 0.25) is 0 Å². The molecule has 1 amide bonds. The molecular formula is C12H12BrNO2. The second-order valence-corrected chi connectivity index (χ2v) is 5.60. The zero-order valence-electron chi connectivity index (χ0n) is 8.74. The Morgan fingerprint density at radius 3 is 2.88 bits per heavy atom. The molecule has 0 atom stereocenters. The third-order valence-corrected chi connectivity index (χ3v) is 3.75. The molecule has 84 valence electrons. The van der Waals surface area contributed by atoms with Gasteiger partial charge in [0, 0.05) is 16.6 Å². The molecule has 4 heteroatoms. The highest BCUT2D eigenvalue weighted by atomic mass is 79.9. The molecule has 1 saturated carbocycles. The number of aliphatic hydroxyl groups is 1. The second kappa shape index (κ2) is 3.31. The minimum Gasteiger partial charge on any atom is -0.388 e. The van der Waals surface area contributed by atoms with Gasteiger partial charge in [-0.1, -0.05) is 15.9 Å². The van der Waals surface area contributed by atoms with Crippen molar-refractivity contribution in [2.75, 3.05) is 6.54 Å². The lowest BCUT2D eigenvalue weighted by atomic mass is 10.1. The number of carbonyl (C=O) groups excluding carboxylic acids is 1. The van der Waals surface area contributed by atoms with E-state index in [9.17, 15) is 9.90 Å². The predicted molar refractivity (Wildman–Crippen MR) is 63.1 cm³/mol. The zero-order valence-corrected chi connectivity index (χ0v) is 10.3. The lowest BCUT2D eigenvalue weighted by Crippen LogP contribution is -2.33. The zero-order chi connectivity index (χ0) is 11.3. The number of nitrogens with zero attached hydrogens (tertiary/aromatic N) is 1. The number of rotatable bonds is 2. The van der Waals surface area contributed by atoms with Crippen LogP contribution in [0.3, 0.4) is 0 Å². The van der Waals surface area contributed by atoms with Crippen molar-refractivity contribution in [3.63, 3.8) is 0 Å². The van der Waals surface area contributed by atoms with Gasteiger partial charge < -0.3 is 10.0 Å². The molecule has 2 aliphatic rings. The Balaban J connectivity index is 1.85. The highest BCUT2D eigenvalue weighted by Gasteiger charge is 2.44. The van der Waals surface area contributed by atoms with Gasteiger partial charge in [-0.2, -0.15) is 0 Å². The van der Waals surface area contributed by atoms with Crippen LogP contribution in [0.15, 0.2) is 22.7 Å². The van der Waals surface area contributed by atoms with Gasteiger partial charge in [-0.15, -0.1) is 0 Å².